The lowest BCUT2D eigenvalue weighted by atomic mass is 10.0. The number of benzene rings is 1. The highest BCUT2D eigenvalue weighted by Crippen LogP contribution is 2.26. The molecule has 3 aromatic rings. The van der Waals surface area contributed by atoms with E-state index in [-0.39, 0.29) is 37.0 Å². The zero-order valence-electron chi connectivity index (χ0n) is 21.2. The van der Waals surface area contributed by atoms with Gasteiger partial charge in [-0.05, 0) is 67.6 Å². The molecular weight excluding hydrogens is 495 g/mol. The summed E-state index contributed by atoms with van der Waals surface area (Å²) in [5.74, 6) is 0.178. The van der Waals surface area contributed by atoms with Crippen LogP contribution in [0.1, 0.15) is 43.0 Å². The van der Waals surface area contributed by atoms with Gasteiger partial charge in [0, 0.05) is 26.3 Å². The Morgan fingerprint density at radius 2 is 1.84 bits per heavy atom. The molecule has 0 unspecified atom stereocenters. The van der Waals surface area contributed by atoms with Crippen molar-refractivity contribution in [3.8, 4) is 11.6 Å². The van der Waals surface area contributed by atoms with Crippen molar-refractivity contribution in [1.29, 1.82) is 0 Å². The topological polar surface area (TPSA) is 125 Å². The molecule has 2 aliphatic rings. The summed E-state index contributed by atoms with van der Waals surface area (Å²) < 4.78 is 30.8. The number of aromatic nitrogens is 4. The minimum atomic E-state index is -1.01. The fraction of sp³-hybridized carbons (Fsp3) is 0.500. The van der Waals surface area contributed by atoms with Crippen LogP contribution in [0.5, 0.6) is 0 Å². The number of carbonyl (C=O) groups excluding carboxylic acids is 2. The molecule has 2 aromatic heterocycles. The molecule has 0 saturated carbocycles. The number of hydrogen-bond acceptors (Lipinski definition) is 8. The van der Waals surface area contributed by atoms with Gasteiger partial charge in [-0.15, -0.1) is 10.2 Å². The fourth-order valence-corrected chi connectivity index (χ4v) is 4.77. The van der Waals surface area contributed by atoms with Gasteiger partial charge in [-0.25, -0.2) is 4.39 Å². The molecule has 0 bridgehead atoms. The lowest BCUT2D eigenvalue weighted by Crippen LogP contribution is -2.48. The van der Waals surface area contributed by atoms with Crippen molar-refractivity contribution in [2.75, 3.05) is 26.3 Å². The summed E-state index contributed by atoms with van der Waals surface area (Å²) >= 11 is 0. The molecule has 0 radical (unpaired) electrons. The smallest absolute Gasteiger partial charge is 0.247 e. The van der Waals surface area contributed by atoms with Crippen LogP contribution in [0.4, 0.5) is 4.39 Å². The first-order valence-electron chi connectivity index (χ1n) is 12.9. The van der Waals surface area contributed by atoms with E-state index in [2.05, 4.69) is 20.7 Å². The molecular formula is C26H31FN6O5. The number of hydrogen-bond donors (Lipinski definition) is 1. The molecule has 38 heavy (non-hydrogen) atoms. The van der Waals surface area contributed by atoms with Crippen molar-refractivity contribution in [2.24, 2.45) is 0 Å². The fourth-order valence-electron chi connectivity index (χ4n) is 4.77. The minimum Gasteiger partial charge on any atom is -0.458 e. The molecule has 0 spiro atoms. The third-order valence-electron chi connectivity index (χ3n) is 6.71. The summed E-state index contributed by atoms with van der Waals surface area (Å²) in [4.78, 5) is 30.0. The number of nitrogens with one attached hydrogen (secondary N) is 1. The van der Waals surface area contributed by atoms with Crippen LogP contribution in [0.2, 0.25) is 0 Å². The third-order valence-corrected chi connectivity index (χ3v) is 6.71. The maximum Gasteiger partial charge on any atom is 0.247 e. The monoisotopic (exact) mass is 526 g/mol. The average Bonchev–Trinajstić information content (AvgIpc) is 3.72. The first-order valence-corrected chi connectivity index (χ1v) is 12.9. The van der Waals surface area contributed by atoms with Crippen LogP contribution in [0.25, 0.3) is 11.6 Å². The summed E-state index contributed by atoms with van der Waals surface area (Å²) in [7, 11) is 0. The van der Waals surface area contributed by atoms with Gasteiger partial charge < -0.3 is 24.1 Å². The van der Waals surface area contributed by atoms with Crippen molar-refractivity contribution in [3.63, 3.8) is 0 Å². The van der Waals surface area contributed by atoms with E-state index in [0.717, 1.165) is 25.7 Å². The lowest BCUT2D eigenvalue weighted by molar-refractivity contribution is -0.143. The van der Waals surface area contributed by atoms with Crippen LogP contribution >= 0.6 is 0 Å². The average molecular weight is 527 g/mol. The van der Waals surface area contributed by atoms with Crippen molar-refractivity contribution in [3.05, 3.63) is 53.5 Å². The number of furan rings is 1. The number of halogens is 1. The van der Waals surface area contributed by atoms with Gasteiger partial charge in [-0.2, -0.15) is 4.80 Å². The minimum absolute atomic E-state index is 0.0712. The normalized spacial score (nSPS) is 19.9. The van der Waals surface area contributed by atoms with Crippen molar-refractivity contribution < 1.29 is 27.9 Å². The van der Waals surface area contributed by atoms with E-state index in [9.17, 15) is 14.0 Å². The highest BCUT2D eigenvalue weighted by Gasteiger charge is 2.35. The molecule has 4 heterocycles. The van der Waals surface area contributed by atoms with Crippen LogP contribution in [-0.2, 0) is 25.6 Å². The second-order valence-electron chi connectivity index (χ2n) is 9.57. The van der Waals surface area contributed by atoms with Crippen LogP contribution in [-0.4, -0.2) is 75.4 Å². The highest BCUT2D eigenvalue weighted by molar-refractivity contribution is 5.88. The standard InChI is InChI=1S/C26H31FN6O5/c1-17-6-11-22(38-17)25-29-31-33(30-25)16-23(34)32(15-21-5-3-13-37-21)24(18-7-9-19(27)10-8-18)26(35)28-14-20-4-2-12-36-20/h6-11,20-21,24H,2-5,12-16H2,1H3,(H,28,35)/t20-,21-,24+/m0/s1. The quantitative estimate of drug-likeness (QED) is 0.427. The van der Waals surface area contributed by atoms with Gasteiger partial charge in [0.1, 0.15) is 24.2 Å². The van der Waals surface area contributed by atoms with Gasteiger partial charge in [0.05, 0.1) is 12.2 Å². The van der Waals surface area contributed by atoms with Gasteiger partial charge in [0.25, 0.3) is 0 Å². The van der Waals surface area contributed by atoms with E-state index in [4.69, 9.17) is 13.9 Å². The molecule has 1 aromatic carbocycles. The molecule has 5 rings (SSSR count). The first kappa shape index (κ1) is 26.0. The van der Waals surface area contributed by atoms with Crippen molar-refractivity contribution in [1.82, 2.24) is 30.4 Å². The van der Waals surface area contributed by atoms with Crippen molar-refractivity contribution >= 4 is 11.8 Å². The second kappa shape index (κ2) is 11.8. The summed E-state index contributed by atoms with van der Waals surface area (Å²) in [6, 6.07) is 8.10. The molecule has 2 amide bonds. The summed E-state index contributed by atoms with van der Waals surface area (Å²) in [6.45, 7) is 3.32. The lowest BCUT2D eigenvalue weighted by Gasteiger charge is -2.33. The van der Waals surface area contributed by atoms with Gasteiger partial charge in [-0.1, -0.05) is 12.1 Å². The Labute approximate surface area is 219 Å². The highest BCUT2D eigenvalue weighted by atomic mass is 19.1. The Hall–Kier alpha value is -3.64. The van der Waals surface area contributed by atoms with E-state index in [0.29, 0.717) is 36.8 Å². The number of ether oxygens (including phenoxy) is 2. The third kappa shape index (κ3) is 6.25. The molecule has 2 aliphatic heterocycles. The van der Waals surface area contributed by atoms with Gasteiger partial charge in [0.2, 0.25) is 17.6 Å². The molecule has 0 aliphatic carbocycles. The summed E-state index contributed by atoms with van der Waals surface area (Å²) in [6.07, 6.45) is 3.14. The second-order valence-corrected chi connectivity index (χ2v) is 9.57. The number of aryl methyl sites for hydroxylation is 1. The Morgan fingerprint density at radius 1 is 1.11 bits per heavy atom. The molecule has 12 heteroatoms. The first-order chi connectivity index (χ1) is 18.5. The number of carbonyl (C=O) groups is 2. The zero-order valence-corrected chi connectivity index (χ0v) is 21.2. The van der Waals surface area contributed by atoms with Crippen LogP contribution in [0, 0.1) is 12.7 Å². The maximum absolute atomic E-state index is 13.8. The predicted octanol–water partition coefficient (Wildman–Crippen LogP) is 2.42. The van der Waals surface area contributed by atoms with Gasteiger partial charge in [0.15, 0.2) is 5.76 Å². The van der Waals surface area contributed by atoms with Gasteiger partial charge >= 0.3 is 0 Å². The Kier molecular flexibility index (Phi) is 8.08. The molecule has 2 fully saturated rings. The predicted molar refractivity (Wildman–Crippen MR) is 132 cm³/mol. The van der Waals surface area contributed by atoms with Crippen LogP contribution in [0.15, 0.2) is 40.8 Å². The largest absolute Gasteiger partial charge is 0.458 e. The number of amides is 2. The van der Waals surface area contributed by atoms with E-state index in [1.807, 2.05) is 0 Å². The number of rotatable bonds is 10. The van der Waals surface area contributed by atoms with Crippen LogP contribution < -0.4 is 5.32 Å². The molecule has 2 saturated heterocycles. The van der Waals surface area contributed by atoms with E-state index < -0.39 is 17.8 Å². The van der Waals surface area contributed by atoms with Crippen LogP contribution in [0.3, 0.4) is 0 Å². The Balaban J connectivity index is 1.40. The zero-order chi connectivity index (χ0) is 26.5. The Morgan fingerprint density at radius 3 is 2.50 bits per heavy atom. The molecule has 1 N–H and O–H groups in total. The Bertz CT molecular complexity index is 1230. The SMILES string of the molecule is Cc1ccc(-c2nnn(CC(=O)N(C[C@@H]3CCCO3)[C@@H](C(=O)NC[C@@H]3CCCO3)c3ccc(F)cc3)n2)o1. The van der Waals surface area contributed by atoms with Crippen molar-refractivity contribution in [2.45, 2.75) is 57.4 Å². The summed E-state index contributed by atoms with van der Waals surface area (Å²) in [5, 5.41) is 15.2. The molecule has 202 valence electrons. The molecule has 3 atom stereocenters. The summed E-state index contributed by atoms with van der Waals surface area (Å²) in [5.41, 5.74) is 0.487. The van der Waals surface area contributed by atoms with E-state index in [1.165, 1.54) is 34.0 Å². The maximum atomic E-state index is 13.8. The van der Waals surface area contributed by atoms with Gasteiger partial charge in [-0.3, -0.25) is 9.59 Å². The number of nitrogens with zero attached hydrogens (tertiary/aromatic N) is 5. The van der Waals surface area contributed by atoms with E-state index >= 15 is 0 Å². The number of tetrazole rings is 1. The molecule has 11 nitrogen and oxygen atoms in total. The van der Waals surface area contributed by atoms with E-state index in [1.54, 1.807) is 19.1 Å².